The Bertz CT molecular complexity index is 262. The molecule has 0 heterocycles. The van der Waals surface area contributed by atoms with E-state index in [1.807, 2.05) is 0 Å². The van der Waals surface area contributed by atoms with E-state index < -0.39 is 0 Å². The van der Waals surface area contributed by atoms with E-state index in [4.69, 9.17) is 0 Å². The fraction of sp³-hybridized carbons (Fsp3) is 1.00. The molecule has 0 aromatic carbocycles. The fourth-order valence-electron chi connectivity index (χ4n) is 5.33. The van der Waals surface area contributed by atoms with Gasteiger partial charge in [-0.25, -0.2) is 0 Å². The predicted octanol–water partition coefficient (Wildman–Crippen LogP) is 3.75. The van der Waals surface area contributed by atoms with Crippen molar-refractivity contribution in [2.75, 3.05) is 0 Å². The molecular weight excluding hydrogens is 196 g/mol. The Labute approximate surface area is 99.6 Å². The van der Waals surface area contributed by atoms with Crippen LogP contribution in [0.2, 0.25) is 0 Å². The van der Waals surface area contributed by atoms with Crippen LogP contribution < -0.4 is 0 Å². The van der Waals surface area contributed by atoms with Gasteiger partial charge < -0.3 is 5.11 Å². The first-order valence-electron chi connectivity index (χ1n) is 7.41. The third-order valence-corrected chi connectivity index (χ3v) is 6.02. The summed E-state index contributed by atoms with van der Waals surface area (Å²) in [6.07, 6.45) is 12.3. The minimum atomic E-state index is 0.0272. The summed E-state index contributed by atoms with van der Waals surface area (Å²) in [5.41, 5.74) is 0.514. The van der Waals surface area contributed by atoms with E-state index in [9.17, 15) is 5.11 Å². The van der Waals surface area contributed by atoms with E-state index in [0.717, 1.165) is 18.3 Å². The van der Waals surface area contributed by atoms with E-state index in [2.05, 4.69) is 6.92 Å². The van der Waals surface area contributed by atoms with E-state index >= 15 is 0 Å². The van der Waals surface area contributed by atoms with Crippen molar-refractivity contribution in [2.24, 2.45) is 23.2 Å². The summed E-state index contributed by atoms with van der Waals surface area (Å²) in [7, 11) is 0. The molecule has 3 rings (SSSR count). The van der Waals surface area contributed by atoms with E-state index in [1.54, 1.807) is 0 Å². The van der Waals surface area contributed by atoms with Crippen molar-refractivity contribution in [1.29, 1.82) is 0 Å². The molecule has 0 amide bonds. The SMILES string of the molecule is CC12CCCC(O)C1C1CCCCCCC12. The molecule has 16 heavy (non-hydrogen) atoms. The van der Waals surface area contributed by atoms with Gasteiger partial charge in [-0.3, -0.25) is 0 Å². The summed E-state index contributed by atoms with van der Waals surface area (Å²) >= 11 is 0. The van der Waals surface area contributed by atoms with Gasteiger partial charge in [-0.1, -0.05) is 39.0 Å². The van der Waals surface area contributed by atoms with Crippen molar-refractivity contribution in [1.82, 2.24) is 0 Å². The van der Waals surface area contributed by atoms with Crippen molar-refractivity contribution in [3.63, 3.8) is 0 Å². The van der Waals surface area contributed by atoms with Crippen LogP contribution in [0, 0.1) is 23.2 Å². The highest BCUT2D eigenvalue weighted by Gasteiger charge is 2.60. The smallest absolute Gasteiger partial charge is 0.0576 e. The zero-order chi connectivity index (χ0) is 11.2. The van der Waals surface area contributed by atoms with E-state index in [0.29, 0.717) is 11.3 Å². The molecule has 3 aliphatic carbocycles. The molecule has 1 heteroatoms. The first kappa shape index (κ1) is 11.1. The first-order chi connectivity index (χ1) is 7.73. The first-order valence-corrected chi connectivity index (χ1v) is 7.41. The van der Waals surface area contributed by atoms with Crippen molar-refractivity contribution in [3.8, 4) is 0 Å². The summed E-state index contributed by atoms with van der Waals surface area (Å²) < 4.78 is 0. The number of hydrogen-bond acceptors (Lipinski definition) is 1. The van der Waals surface area contributed by atoms with Crippen LogP contribution in [-0.4, -0.2) is 11.2 Å². The lowest BCUT2D eigenvalue weighted by Gasteiger charge is -2.65. The Morgan fingerprint density at radius 3 is 2.50 bits per heavy atom. The van der Waals surface area contributed by atoms with Gasteiger partial charge in [-0.05, 0) is 48.9 Å². The molecule has 5 unspecified atom stereocenters. The molecule has 3 fully saturated rings. The zero-order valence-electron chi connectivity index (χ0n) is 10.6. The highest BCUT2D eigenvalue weighted by Crippen LogP contribution is 2.65. The molecule has 0 spiro atoms. The summed E-state index contributed by atoms with van der Waals surface area (Å²) in [6.45, 7) is 2.48. The van der Waals surface area contributed by atoms with Crippen molar-refractivity contribution in [3.05, 3.63) is 0 Å². The molecule has 92 valence electrons. The van der Waals surface area contributed by atoms with Crippen LogP contribution in [-0.2, 0) is 0 Å². The number of aliphatic hydroxyl groups excluding tert-OH is 1. The highest BCUT2D eigenvalue weighted by atomic mass is 16.3. The summed E-state index contributed by atoms with van der Waals surface area (Å²) in [4.78, 5) is 0. The molecule has 0 bridgehead atoms. The van der Waals surface area contributed by atoms with Crippen LogP contribution >= 0.6 is 0 Å². The Kier molecular flexibility index (Phi) is 2.78. The molecule has 5 atom stereocenters. The molecule has 0 radical (unpaired) electrons. The zero-order valence-corrected chi connectivity index (χ0v) is 10.6. The topological polar surface area (TPSA) is 20.2 Å². The highest BCUT2D eigenvalue weighted by molar-refractivity contribution is 5.09. The minimum absolute atomic E-state index is 0.0272. The van der Waals surface area contributed by atoms with Gasteiger partial charge >= 0.3 is 0 Å². The maximum Gasteiger partial charge on any atom is 0.0576 e. The molecule has 0 aromatic heterocycles. The molecule has 0 saturated heterocycles. The number of hydrogen-bond donors (Lipinski definition) is 1. The van der Waals surface area contributed by atoms with Gasteiger partial charge in [0.25, 0.3) is 0 Å². The average molecular weight is 222 g/mol. The van der Waals surface area contributed by atoms with Crippen LogP contribution in [0.1, 0.15) is 64.7 Å². The van der Waals surface area contributed by atoms with Crippen molar-refractivity contribution >= 4 is 0 Å². The maximum absolute atomic E-state index is 10.3. The third kappa shape index (κ3) is 1.47. The van der Waals surface area contributed by atoms with Gasteiger partial charge in [-0.15, -0.1) is 0 Å². The van der Waals surface area contributed by atoms with Crippen LogP contribution in [0.4, 0.5) is 0 Å². The predicted molar refractivity (Wildman–Crippen MR) is 66.1 cm³/mol. The summed E-state index contributed by atoms with van der Waals surface area (Å²) in [5.74, 6) is 2.48. The average Bonchev–Trinajstić information content (AvgIpc) is 2.20. The van der Waals surface area contributed by atoms with Gasteiger partial charge in [0.15, 0.2) is 0 Å². The quantitative estimate of drug-likeness (QED) is 0.662. The second-order valence-electron chi connectivity index (χ2n) is 6.75. The summed E-state index contributed by atoms with van der Waals surface area (Å²) in [5, 5.41) is 10.3. The number of fused-ring (bicyclic) bond motifs is 4. The molecule has 3 saturated carbocycles. The molecule has 0 aromatic rings. The normalized spacial score (nSPS) is 52.9. The standard InChI is InChI=1S/C15H26O/c1-15-10-6-9-13(16)14(15)11-7-4-2-3-5-8-12(11)15/h11-14,16H,2-10H2,1H3. The van der Waals surface area contributed by atoms with Gasteiger partial charge in [0.05, 0.1) is 6.10 Å². The Balaban J connectivity index is 1.79. The molecular formula is C15H26O. The largest absolute Gasteiger partial charge is 0.393 e. The summed E-state index contributed by atoms with van der Waals surface area (Å²) in [6, 6.07) is 0. The fourth-order valence-corrected chi connectivity index (χ4v) is 5.33. The van der Waals surface area contributed by atoms with Gasteiger partial charge in [-0.2, -0.15) is 0 Å². The number of aliphatic hydroxyl groups is 1. The van der Waals surface area contributed by atoms with Gasteiger partial charge in [0.2, 0.25) is 0 Å². The van der Waals surface area contributed by atoms with Gasteiger partial charge in [0.1, 0.15) is 0 Å². The lowest BCUT2D eigenvalue weighted by molar-refractivity contribution is -0.197. The van der Waals surface area contributed by atoms with Crippen LogP contribution in [0.5, 0.6) is 0 Å². The lowest BCUT2D eigenvalue weighted by Crippen LogP contribution is -2.61. The lowest BCUT2D eigenvalue weighted by atomic mass is 9.40. The number of rotatable bonds is 0. The molecule has 1 nitrogen and oxygen atoms in total. The molecule has 1 N–H and O–H groups in total. The van der Waals surface area contributed by atoms with Crippen molar-refractivity contribution < 1.29 is 5.11 Å². The Morgan fingerprint density at radius 2 is 1.69 bits per heavy atom. The Morgan fingerprint density at radius 1 is 0.938 bits per heavy atom. The second-order valence-corrected chi connectivity index (χ2v) is 6.75. The maximum atomic E-state index is 10.3. The van der Waals surface area contributed by atoms with Crippen LogP contribution in [0.3, 0.4) is 0 Å². The van der Waals surface area contributed by atoms with E-state index in [1.165, 1.54) is 51.4 Å². The Hall–Kier alpha value is -0.0400. The van der Waals surface area contributed by atoms with Gasteiger partial charge in [0, 0.05) is 0 Å². The molecule has 3 aliphatic rings. The van der Waals surface area contributed by atoms with Crippen LogP contribution in [0.15, 0.2) is 0 Å². The third-order valence-electron chi connectivity index (χ3n) is 6.02. The van der Waals surface area contributed by atoms with Crippen LogP contribution in [0.25, 0.3) is 0 Å². The minimum Gasteiger partial charge on any atom is -0.393 e. The molecule has 0 aliphatic heterocycles. The van der Waals surface area contributed by atoms with E-state index in [-0.39, 0.29) is 6.10 Å². The second kappa shape index (κ2) is 4.01. The van der Waals surface area contributed by atoms with Crippen molar-refractivity contribution in [2.45, 2.75) is 70.8 Å². The monoisotopic (exact) mass is 222 g/mol.